The Labute approximate surface area is 137 Å². The van der Waals surface area contributed by atoms with Crippen molar-refractivity contribution < 1.29 is 22.1 Å². The average Bonchev–Trinajstić information content (AvgIpc) is 2.72. The molecule has 126 valence electrons. The van der Waals surface area contributed by atoms with Gasteiger partial charge in [0.2, 0.25) is 0 Å². The van der Waals surface area contributed by atoms with Crippen LogP contribution < -0.4 is 5.46 Å². The minimum absolute atomic E-state index is 0.0651. The van der Waals surface area contributed by atoms with E-state index in [9.17, 15) is 12.8 Å². The first-order valence-electron chi connectivity index (χ1n) is 7.69. The Bertz CT molecular complexity index is 754. The molecule has 1 atom stereocenters. The first-order valence-corrected chi connectivity index (χ1v) is 9.18. The van der Waals surface area contributed by atoms with E-state index in [1.807, 2.05) is 27.7 Å². The molecule has 0 amide bonds. The van der Waals surface area contributed by atoms with Gasteiger partial charge in [0, 0.05) is 5.56 Å². The normalized spacial score (nSPS) is 29.5. The van der Waals surface area contributed by atoms with Crippen molar-refractivity contribution in [2.75, 3.05) is 0 Å². The average molecular weight is 340 g/mol. The summed E-state index contributed by atoms with van der Waals surface area (Å²) in [6.45, 7) is 10.6. The van der Waals surface area contributed by atoms with Crippen molar-refractivity contribution >= 4 is 22.4 Å². The van der Waals surface area contributed by atoms with Crippen LogP contribution in [0.25, 0.3) is 0 Å². The molecule has 1 aromatic rings. The molecule has 1 aromatic carbocycles. The van der Waals surface area contributed by atoms with Crippen LogP contribution in [0.15, 0.2) is 23.1 Å². The summed E-state index contributed by atoms with van der Waals surface area (Å²) >= 11 is 0. The van der Waals surface area contributed by atoms with Gasteiger partial charge < -0.3 is 9.31 Å². The van der Waals surface area contributed by atoms with Gasteiger partial charge in [0.15, 0.2) is 9.84 Å². The second-order valence-corrected chi connectivity index (χ2v) is 10.4. The number of sulfone groups is 1. The van der Waals surface area contributed by atoms with Gasteiger partial charge in [-0.1, -0.05) is 12.1 Å². The minimum atomic E-state index is -3.68. The molecule has 7 heteroatoms. The van der Waals surface area contributed by atoms with Crippen LogP contribution in [0, 0.1) is 0 Å². The molecule has 0 radical (unpaired) electrons. The van der Waals surface area contributed by atoms with E-state index < -0.39 is 39.1 Å². The Morgan fingerprint density at radius 3 is 2.09 bits per heavy atom. The Morgan fingerprint density at radius 1 is 1.04 bits per heavy atom. The van der Waals surface area contributed by atoms with Crippen molar-refractivity contribution in [1.29, 1.82) is 0 Å². The molecule has 2 heterocycles. The lowest BCUT2D eigenvalue weighted by Crippen LogP contribution is -2.41. The van der Waals surface area contributed by atoms with Crippen molar-refractivity contribution in [3.8, 4) is 0 Å². The number of fused-ring (bicyclic) bond motifs is 1. The first-order chi connectivity index (χ1) is 10.3. The minimum Gasteiger partial charge on any atom is -0.399 e. The largest absolute Gasteiger partial charge is 0.494 e. The van der Waals surface area contributed by atoms with E-state index in [0.717, 1.165) is 0 Å². The van der Waals surface area contributed by atoms with Gasteiger partial charge in [-0.3, -0.25) is 0 Å². The molecule has 3 rings (SSSR count). The van der Waals surface area contributed by atoms with Crippen LogP contribution in [0.1, 0.15) is 53.3 Å². The zero-order chi connectivity index (χ0) is 17.4. The molecule has 0 bridgehead atoms. The number of rotatable bonds is 1. The van der Waals surface area contributed by atoms with E-state index in [-0.39, 0.29) is 10.5 Å². The van der Waals surface area contributed by atoms with Gasteiger partial charge in [-0.15, -0.1) is 0 Å². The first kappa shape index (κ1) is 16.9. The Kier molecular flexibility index (Phi) is 3.37. The molecular weight excluding hydrogens is 318 g/mol. The molecular formula is C16H22BFO4S. The summed E-state index contributed by atoms with van der Waals surface area (Å²) in [7, 11) is -4.31. The third-order valence-electron chi connectivity index (χ3n) is 5.42. The summed E-state index contributed by atoms with van der Waals surface area (Å²) in [5, 5.41) is 0. The van der Waals surface area contributed by atoms with Gasteiger partial charge in [-0.25, -0.2) is 12.8 Å². The molecule has 2 aliphatic heterocycles. The summed E-state index contributed by atoms with van der Waals surface area (Å²) in [6, 6.07) is 4.67. The lowest BCUT2D eigenvalue weighted by Gasteiger charge is -2.32. The van der Waals surface area contributed by atoms with E-state index in [1.54, 1.807) is 12.1 Å². The molecule has 4 nitrogen and oxygen atoms in total. The van der Waals surface area contributed by atoms with Gasteiger partial charge >= 0.3 is 7.12 Å². The van der Waals surface area contributed by atoms with Crippen LogP contribution in [0.4, 0.5) is 4.39 Å². The van der Waals surface area contributed by atoms with Crippen LogP contribution in [0.5, 0.6) is 0 Å². The van der Waals surface area contributed by atoms with E-state index in [1.165, 1.54) is 19.9 Å². The molecule has 2 aliphatic rings. The third kappa shape index (κ3) is 2.13. The summed E-state index contributed by atoms with van der Waals surface area (Å²) < 4.78 is 50.1. The smallest absolute Gasteiger partial charge is 0.399 e. The maximum Gasteiger partial charge on any atom is 0.494 e. The molecule has 0 saturated carbocycles. The van der Waals surface area contributed by atoms with Gasteiger partial charge in [-0.05, 0) is 53.1 Å². The predicted molar refractivity (Wildman–Crippen MR) is 87.3 cm³/mol. The van der Waals surface area contributed by atoms with E-state index in [0.29, 0.717) is 5.46 Å². The van der Waals surface area contributed by atoms with Crippen LogP contribution in [-0.2, 0) is 19.1 Å². The lowest BCUT2D eigenvalue weighted by atomic mass is 9.78. The van der Waals surface area contributed by atoms with Crippen molar-refractivity contribution in [3.05, 3.63) is 23.8 Å². The zero-order valence-electron chi connectivity index (χ0n) is 14.3. The monoisotopic (exact) mass is 340 g/mol. The maximum atomic E-state index is 14.7. The van der Waals surface area contributed by atoms with E-state index in [2.05, 4.69) is 0 Å². The van der Waals surface area contributed by atoms with E-state index in [4.69, 9.17) is 9.31 Å². The topological polar surface area (TPSA) is 52.6 Å². The standard InChI is InChI=1S/C16H22BFO4S/c1-14(2)13(18)11-9-10(7-8-12(11)23(14,19)20)17-21-15(3,4)16(5,6)22-17/h7-9,13H,1-6H3/t13-/m0/s1. The SMILES string of the molecule is CC1(C)OB(c2ccc3c(c2)[C@H](F)C(C)(C)S3(=O)=O)OC1(C)C. The molecule has 1 fully saturated rings. The highest BCUT2D eigenvalue weighted by atomic mass is 32.2. The Balaban J connectivity index is 2.04. The highest BCUT2D eigenvalue weighted by molar-refractivity contribution is 7.93. The highest BCUT2D eigenvalue weighted by Crippen LogP contribution is 2.48. The van der Waals surface area contributed by atoms with Gasteiger partial charge in [0.25, 0.3) is 0 Å². The van der Waals surface area contributed by atoms with Crippen molar-refractivity contribution in [2.45, 2.75) is 68.6 Å². The number of hydrogen-bond donors (Lipinski definition) is 0. The number of alkyl halides is 1. The summed E-state index contributed by atoms with van der Waals surface area (Å²) in [5.41, 5.74) is -0.172. The molecule has 0 aliphatic carbocycles. The van der Waals surface area contributed by atoms with E-state index >= 15 is 0 Å². The van der Waals surface area contributed by atoms with Gasteiger partial charge in [-0.2, -0.15) is 0 Å². The van der Waals surface area contributed by atoms with Gasteiger partial charge in [0.05, 0.1) is 16.1 Å². The molecule has 0 spiro atoms. The maximum absolute atomic E-state index is 14.7. The van der Waals surface area contributed by atoms with Crippen molar-refractivity contribution in [3.63, 3.8) is 0 Å². The fourth-order valence-electron chi connectivity index (χ4n) is 2.93. The van der Waals surface area contributed by atoms with Crippen LogP contribution in [-0.4, -0.2) is 31.5 Å². The number of hydrogen-bond acceptors (Lipinski definition) is 4. The second kappa shape index (κ2) is 4.58. The summed E-state index contributed by atoms with van der Waals surface area (Å²) in [5.74, 6) is 0. The third-order valence-corrected chi connectivity index (χ3v) is 7.97. The summed E-state index contributed by atoms with van der Waals surface area (Å²) in [4.78, 5) is 0.0651. The van der Waals surface area contributed by atoms with Crippen molar-refractivity contribution in [1.82, 2.24) is 0 Å². The molecule has 23 heavy (non-hydrogen) atoms. The second-order valence-electron chi connectivity index (χ2n) is 7.85. The zero-order valence-corrected chi connectivity index (χ0v) is 15.1. The lowest BCUT2D eigenvalue weighted by molar-refractivity contribution is 0.00578. The fourth-order valence-corrected chi connectivity index (χ4v) is 4.62. The predicted octanol–water partition coefficient (Wildman–Crippen LogP) is 2.56. The number of benzene rings is 1. The molecule has 0 aromatic heterocycles. The molecule has 0 N–H and O–H groups in total. The highest BCUT2D eigenvalue weighted by Gasteiger charge is 2.55. The summed E-state index contributed by atoms with van der Waals surface area (Å²) in [6.07, 6.45) is -1.56. The fraction of sp³-hybridized carbons (Fsp3) is 0.625. The van der Waals surface area contributed by atoms with Crippen molar-refractivity contribution in [2.24, 2.45) is 0 Å². The van der Waals surface area contributed by atoms with Crippen LogP contribution in [0.2, 0.25) is 0 Å². The number of halogens is 1. The Hall–Kier alpha value is -0.915. The molecule has 0 unspecified atom stereocenters. The van der Waals surface area contributed by atoms with Crippen LogP contribution >= 0.6 is 0 Å². The van der Waals surface area contributed by atoms with Crippen LogP contribution in [0.3, 0.4) is 0 Å². The quantitative estimate of drug-likeness (QED) is 0.738. The molecule has 1 saturated heterocycles. The van der Waals surface area contributed by atoms with Gasteiger partial charge in [0.1, 0.15) is 10.9 Å². The Morgan fingerprint density at radius 2 is 1.57 bits per heavy atom.